The molecule has 0 bridgehead atoms. The summed E-state index contributed by atoms with van der Waals surface area (Å²) in [5.41, 5.74) is 2.06. The third-order valence-corrected chi connectivity index (χ3v) is 6.89. The van der Waals surface area contributed by atoms with Crippen molar-refractivity contribution in [3.8, 4) is 17.2 Å². The summed E-state index contributed by atoms with van der Waals surface area (Å²) in [5.74, 6) is 1.28. The Morgan fingerprint density at radius 3 is 2.49 bits per heavy atom. The summed E-state index contributed by atoms with van der Waals surface area (Å²) in [6.45, 7) is 11.5. The Hall–Kier alpha value is -3.85. The van der Waals surface area contributed by atoms with E-state index in [0.717, 1.165) is 11.3 Å². The molecule has 0 amide bonds. The first-order valence-electron chi connectivity index (χ1n) is 12.9. The minimum Gasteiger partial charge on any atom is -0.493 e. The van der Waals surface area contributed by atoms with E-state index in [2.05, 4.69) is 4.99 Å². The van der Waals surface area contributed by atoms with Crippen molar-refractivity contribution in [2.45, 2.75) is 59.8 Å². The normalized spacial score (nSPS) is 15.3. The number of carbonyl (C=O) groups excluding carboxylic acids is 1. The van der Waals surface area contributed by atoms with Crippen LogP contribution in [0.3, 0.4) is 0 Å². The number of rotatable bonds is 9. The maximum Gasteiger partial charge on any atom is 0.338 e. The Labute approximate surface area is 231 Å². The second-order valence-corrected chi connectivity index (χ2v) is 10.6. The molecule has 39 heavy (non-hydrogen) atoms. The molecule has 1 atom stereocenters. The average Bonchev–Trinajstić information content (AvgIpc) is 3.17. The van der Waals surface area contributed by atoms with Crippen molar-refractivity contribution in [2.24, 2.45) is 4.99 Å². The van der Waals surface area contributed by atoms with Gasteiger partial charge in [0.2, 0.25) is 0 Å². The second kappa shape index (κ2) is 11.9. The number of carbonyl (C=O) groups is 1. The molecule has 2 heterocycles. The second-order valence-electron chi connectivity index (χ2n) is 9.62. The first-order chi connectivity index (χ1) is 18.6. The predicted octanol–water partition coefficient (Wildman–Crippen LogP) is 4.38. The van der Waals surface area contributed by atoms with E-state index in [4.69, 9.17) is 18.9 Å². The molecule has 8 nitrogen and oxygen atoms in total. The molecule has 0 radical (unpaired) electrons. The number of thiazole rings is 1. The molecule has 1 aliphatic heterocycles. The standard InChI is InChI=1S/C30H34N2O6S/c1-8-36-29(34)26-19(6)31-30-32(27(26)21-12-13-23(38-18(4)5)24(16-21)35-7)28(33)25(39-30)15-20-10-9-11-22(14-20)37-17(2)3/h9-18,27H,8H2,1-7H3. The number of esters is 1. The first kappa shape index (κ1) is 28.2. The molecule has 1 aliphatic rings. The topological polar surface area (TPSA) is 88.4 Å². The van der Waals surface area contributed by atoms with Gasteiger partial charge in [-0.3, -0.25) is 9.36 Å². The molecule has 3 aromatic rings. The van der Waals surface area contributed by atoms with Crippen molar-refractivity contribution < 1.29 is 23.7 Å². The van der Waals surface area contributed by atoms with E-state index in [-0.39, 0.29) is 24.4 Å². The van der Waals surface area contributed by atoms with Crippen molar-refractivity contribution >= 4 is 23.4 Å². The maximum atomic E-state index is 13.9. The third-order valence-electron chi connectivity index (χ3n) is 5.91. The van der Waals surface area contributed by atoms with Crippen molar-refractivity contribution in [1.82, 2.24) is 4.57 Å². The van der Waals surface area contributed by atoms with E-state index in [0.29, 0.717) is 37.7 Å². The molecule has 0 fully saturated rings. The number of benzene rings is 2. The highest BCUT2D eigenvalue weighted by molar-refractivity contribution is 7.07. The molecule has 2 aromatic carbocycles. The quantitative estimate of drug-likeness (QED) is 0.368. The Morgan fingerprint density at radius 2 is 1.82 bits per heavy atom. The van der Waals surface area contributed by atoms with Crippen LogP contribution in [0, 0.1) is 0 Å². The Morgan fingerprint density at radius 1 is 1.08 bits per heavy atom. The van der Waals surface area contributed by atoms with Crippen molar-refractivity contribution in [2.75, 3.05) is 13.7 Å². The number of fused-ring (bicyclic) bond motifs is 1. The molecular formula is C30H34N2O6S. The van der Waals surface area contributed by atoms with Crippen LogP contribution in [0.5, 0.6) is 17.2 Å². The van der Waals surface area contributed by atoms with E-state index < -0.39 is 12.0 Å². The van der Waals surface area contributed by atoms with Crippen LogP contribution in [-0.4, -0.2) is 36.5 Å². The molecule has 9 heteroatoms. The Kier molecular flexibility index (Phi) is 8.60. The lowest BCUT2D eigenvalue weighted by Gasteiger charge is -2.25. The van der Waals surface area contributed by atoms with Gasteiger partial charge in [-0.15, -0.1) is 0 Å². The van der Waals surface area contributed by atoms with Gasteiger partial charge < -0.3 is 18.9 Å². The molecule has 0 spiro atoms. The summed E-state index contributed by atoms with van der Waals surface area (Å²) in [7, 11) is 1.56. The Bertz CT molecular complexity index is 1580. The lowest BCUT2D eigenvalue weighted by molar-refractivity contribution is -0.139. The highest BCUT2D eigenvalue weighted by Gasteiger charge is 2.34. The smallest absolute Gasteiger partial charge is 0.338 e. The van der Waals surface area contributed by atoms with Crippen LogP contribution in [0.2, 0.25) is 0 Å². The lowest BCUT2D eigenvalue weighted by atomic mass is 9.95. The lowest BCUT2D eigenvalue weighted by Crippen LogP contribution is -2.40. The van der Waals surface area contributed by atoms with Gasteiger partial charge in [-0.05, 0) is 83.0 Å². The molecule has 0 N–H and O–H groups in total. The summed E-state index contributed by atoms with van der Waals surface area (Å²) < 4.78 is 24.7. The summed E-state index contributed by atoms with van der Waals surface area (Å²) in [5, 5.41) is 0. The van der Waals surface area contributed by atoms with Crippen molar-refractivity contribution in [1.29, 1.82) is 0 Å². The Balaban J connectivity index is 1.90. The largest absolute Gasteiger partial charge is 0.493 e. The molecule has 0 saturated carbocycles. The number of hydrogen-bond acceptors (Lipinski definition) is 8. The monoisotopic (exact) mass is 550 g/mol. The maximum absolute atomic E-state index is 13.9. The molecule has 206 valence electrons. The highest BCUT2D eigenvalue weighted by atomic mass is 32.1. The van der Waals surface area contributed by atoms with Crippen LogP contribution in [0.4, 0.5) is 0 Å². The molecule has 0 aliphatic carbocycles. The molecule has 0 saturated heterocycles. The first-order valence-corrected chi connectivity index (χ1v) is 13.8. The van der Waals surface area contributed by atoms with E-state index >= 15 is 0 Å². The van der Waals surface area contributed by atoms with Gasteiger partial charge in [-0.25, -0.2) is 9.79 Å². The van der Waals surface area contributed by atoms with Crippen LogP contribution in [0.1, 0.15) is 58.7 Å². The fourth-order valence-electron chi connectivity index (χ4n) is 4.41. The number of allylic oxidation sites excluding steroid dienone is 1. The molecule has 1 aromatic heterocycles. The molecule has 4 rings (SSSR count). The molecule has 1 unspecified atom stereocenters. The number of ether oxygens (including phenoxy) is 4. The zero-order valence-corrected chi connectivity index (χ0v) is 24.1. The van der Waals surface area contributed by atoms with Gasteiger partial charge in [-0.2, -0.15) is 0 Å². The van der Waals surface area contributed by atoms with Crippen LogP contribution in [-0.2, 0) is 9.53 Å². The van der Waals surface area contributed by atoms with Gasteiger partial charge in [0.15, 0.2) is 16.3 Å². The van der Waals surface area contributed by atoms with Crippen molar-refractivity contribution in [3.63, 3.8) is 0 Å². The van der Waals surface area contributed by atoms with E-state index in [9.17, 15) is 9.59 Å². The van der Waals surface area contributed by atoms with Gasteiger partial charge in [0.1, 0.15) is 5.75 Å². The van der Waals surface area contributed by atoms with Crippen LogP contribution in [0.25, 0.3) is 6.08 Å². The number of nitrogens with zero attached hydrogens (tertiary/aromatic N) is 2. The fraction of sp³-hybridized carbons (Fsp3) is 0.367. The van der Waals surface area contributed by atoms with Crippen molar-refractivity contribution in [3.05, 3.63) is 84.5 Å². The van der Waals surface area contributed by atoms with E-state index in [1.165, 1.54) is 11.3 Å². The highest BCUT2D eigenvalue weighted by Crippen LogP contribution is 2.36. The predicted molar refractivity (Wildman–Crippen MR) is 151 cm³/mol. The number of hydrogen-bond donors (Lipinski definition) is 0. The fourth-order valence-corrected chi connectivity index (χ4v) is 5.46. The minimum absolute atomic E-state index is 0.0316. The van der Waals surface area contributed by atoms with Gasteiger partial charge >= 0.3 is 5.97 Å². The van der Waals surface area contributed by atoms with E-state index in [1.807, 2.05) is 64.1 Å². The molecular weight excluding hydrogens is 516 g/mol. The average molecular weight is 551 g/mol. The number of methoxy groups -OCH3 is 1. The zero-order chi connectivity index (χ0) is 28.3. The van der Waals surface area contributed by atoms with Crippen LogP contribution >= 0.6 is 11.3 Å². The minimum atomic E-state index is -0.750. The van der Waals surface area contributed by atoms with Gasteiger partial charge in [0.25, 0.3) is 5.56 Å². The summed E-state index contributed by atoms with van der Waals surface area (Å²) >= 11 is 1.27. The van der Waals surface area contributed by atoms with Crippen LogP contribution < -0.4 is 29.1 Å². The SMILES string of the molecule is CCOC(=O)C1=C(C)N=c2sc(=Cc3cccc(OC(C)C)c3)c(=O)n2C1c1ccc(OC(C)C)c(OC)c1. The van der Waals surface area contributed by atoms with Crippen LogP contribution in [0.15, 0.2) is 63.5 Å². The summed E-state index contributed by atoms with van der Waals surface area (Å²) in [4.78, 5) is 32.2. The van der Waals surface area contributed by atoms with Gasteiger partial charge in [0, 0.05) is 0 Å². The third kappa shape index (κ3) is 6.09. The number of aromatic nitrogens is 1. The van der Waals surface area contributed by atoms with Gasteiger partial charge in [0.05, 0.1) is 47.8 Å². The van der Waals surface area contributed by atoms with E-state index in [1.54, 1.807) is 37.7 Å². The van der Waals surface area contributed by atoms with Gasteiger partial charge in [-0.1, -0.05) is 29.5 Å². The summed E-state index contributed by atoms with van der Waals surface area (Å²) in [6.07, 6.45) is 1.80. The zero-order valence-electron chi connectivity index (χ0n) is 23.3. The summed E-state index contributed by atoms with van der Waals surface area (Å²) in [6, 6.07) is 12.3.